The van der Waals surface area contributed by atoms with Gasteiger partial charge < -0.3 is 19.5 Å². The van der Waals surface area contributed by atoms with Crippen LogP contribution in [0.3, 0.4) is 0 Å². The molecule has 0 unspecified atom stereocenters. The third-order valence-corrected chi connectivity index (χ3v) is 6.35. The number of aromatic nitrogens is 2. The monoisotopic (exact) mass is 451 g/mol. The topological polar surface area (TPSA) is 103 Å². The standard InChI is InChI=1S/C24H29N5O4/c1-17-3-4-18(13-22(17)29(31)32)15-25-19-7-9-27(10-8-19)11-12-28-23-14-20(33-2)5-6-21(23)26-16-24(28)30/h3-6,13-14,16,19,25H,7-12,15H2,1-2H3. The molecule has 1 N–H and O–H groups in total. The molecule has 4 rings (SSSR count). The van der Waals surface area contributed by atoms with Crippen LogP contribution in [0.15, 0.2) is 47.4 Å². The highest BCUT2D eigenvalue weighted by Crippen LogP contribution is 2.20. The van der Waals surface area contributed by atoms with Gasteiger partial charge in [0.2, 0.25) is 0 Å². The zero-order chi connectivity index (χ0) is 23.4. The summed E-state index contributed by atoms with van der Waals surface area (Å²) in [5, 5.41) is 14.7. The Morgan fingerprint density at radius 3 is 2.70 bits per heavy atom. The van der Waals surface area contributed by atoms with Crippen LogP contribution in [0.5, 0.6) is 5.75 Å². The summed E-state index contributed by atoms with van der Waals surface area (Å²) in [6, 6.07) is 11.3. The maximum atomic E-state index is 12.5. The lowest BCUT2D eigenvalue weighted by molar-refractivity contribution is -0.385. The Morgan fingerprint density at radius 2 is 1.97 bits per heavy atom. The van der Waals surface area contributed by atoms with Gasteiger partial charge in [0.25, 0.3) is 11.2 Å². The minimum absolute atomic E-state index is 0.112. The van der Waals surface area contributed by atoms with E-state index in [-0.39, 0.29) is 16.2 Å². The molecule has 0 radical (unpaired) electrons. The molecule has 0 spiro atoms. The lowest BCUT2D eigenvalue weighted by Crippen LogP contribution is -2.43. The van der Waals surface area contributed by atoms with Gasteiger partial charge in [-0.1, -0.05) is 12.1 Å². The zero-order valence-corrected chi connectivity index (χ0v) is 19.0. The van der Waals surface area contributed by atoms with Crippen LogP contribution in [0, 0.1) is 17.0 Å². The molecule has 2 aromatic carbocycles. The van der Waals surface area contributed by atoms with Crippen LogP contribution >= 0.6 is 0 Å². The Hall–Kier alpha value is -3.30. The first-order valence-electron chi connectivity index (χ1n) is 11.2. The van der Waals surface area contributed by atoms with Crippen LogP contribution in [-0.2, 0) is 13.1 Å². The van der Waals surface area contributed by atoms with Crippen molar-refractivity contribution in [3.63, 3.8) is 0 Å². The van der Waals surface area contributed by atoms with Crippen molar-refractivity contribution in [2.45, 2.75) is 38.9 Å². The third-order valence-electron chi connectivity index (χ3n) is 6.35. The Balaban J connectivity index is 1.31. The Bertz CT molecular complexity index is 1200. The van der Waals surface area contributed by atoms with Crippen molar-refractivity contribution in [3.8, 4) is 5.75 Å². The van der Waals surface area contributed by atoms with E-state index in [0.717, 1.165) is 49.1 Å². The number of rotatable bonds is 8. The highest BCUT2D eigenvalue weighted by atomic mass is 16.6. The van der Waals surface area contributed by atoms with Gasteiger partial charge in [0.05, 0.1) is 29.3 Å². The molecular weight excluding hydrogens is 422 g/mol. The minimum atomic E-state index is -0.329. The van der Waals surface area contributed by atoms with Gasteiger partial charge in [-0.25, -0.2) is 4.98 Å². The average Bonchev–Trinajstić information content (AvgIpc) is 2.83. The van der Waals surface area contributed by atoms with Crippen LogP contribution in [-0.4, -0.2) is 52.2 Å². The molecule has 3 aromatic rings. The number of nitro benzene ring substituents is 1. The summed E-state index contributed by atoms with van der Waals surface area (Å²) in [4.78, 5) is 29.9. The molecule has 1 aromatic heterocycles. The van der Waals surface area contributed by atoms with E-state index in [9.17, 15) is 14.9 Å². The van der Waals surface area contributed by atoms with Crippen molar-refractivity contribution >= 4 is 16.7 Å². The fourth-order valence-electron chi connectivity index (χ4n) is 4.33. The van der Waals surface area contributed by atoms with Gasteiger partial charge in [-0.3, -0.25) is 14.9 Å². The molecule has 0 bridgehead atoms. The maximum absolute atomic E-state index is 12.5. The van der Waals surface area contributed by atoms with E-state index in [2.05, 4.69) is 15.2 Å². The van der Waals surface area contributed by atoms with E-state index in [0.29, 0.717) is 30.4 Å². The molecule has 0 aliphatic carbocycles. The number of methoxy groups -OCH3 is 1. The molecule has 0 atom stereocenters. The number of likely N-dealkylation sites (tertiary alicyclic amines) is 1. The average molecular weight is 452 g/mol. The van der Waals surface area contributed by atoms with Crippen molar-refractivity contribution < 1.29 is 9.66 Å². The molecular formula is C24H29N5O4. The van der Waals surface area contributed by atoms with Crippen molar-refractivity contribution in [2.24, 2.45) is 0 Å². The largest absolute Gasteiger partial charge is 0.497 e. The summed E-state index contributed by atoms with van der Waals surface area (Å²) in [6.45, 7) is 5.62. The van der Waals surface area contributed by atoms with E-state index in [1.54, 1.807) is 30.7 Å². The second-order valence-electron chi connectivity index (χ2n) is 8.48. The second kappa shape index (κ2) is 10.1. The lowest BCUT2D eigenvalue weighted by Gasteiger charge is -2.32. The first-order valence-corrected chi connectivity index (χ1v) is 11.2. The number of fused-ring (bicyclic) bond motifs is 1. The van der Waals surface area contributed by atoms with E-state index in [4.69, 9.17) is 4.74 Å². The van der Waals surface area contributed by atoms with Gasteiger partial charge >= 0.3 is 0 Å². The van der Waals surface area contributed by atoms with E-state index < -0.39 is 0 Å². The SMILES string of the molecule is COc1ccc2ncc(=O)n(CCN3CCC(NCc4ccc(C)c([N+](=O)[O-])c4)CC3)c2c1. The molecule has 174 valence electrons. The molecule has 9 nitrogen and oxygen atoms in total. The number of hydrogen-bond donors (Lipinski definition) is 1. The van der Waals surface area contributed by atoms with Crippen LogP contribution < -0.4 is 15.6 Å². The number of piperidine rings is 1. The smallest absolute Gasteiger partial charge is 0.272 e. The summed E-state index contributed by atoms with van der Waals surface area (Å²) in [6.07, 6.45) is 3.36. The number of ether oxygens (including phenoxy) is 1. The number of nitrogens with one attached hydrogen (secondary N) is 1. The van der Waals surface area contributed by atoms with Gasteiger partial charge in [0.1, 0.15) is 5.75 Å². The highest BCUT2D eigenvalue weighted by molar-refractivity contribution is 5.76. The van der Waals surface area contributed by atoms with Crippen LogP contribution in [0.2, 0.25) is 0 Å². The molecule has 2 heterocycles. The number of hydrogen-bond acceptors (Lipinski definition) is 7. The summed E-state index contributed by atoms with van der Waals surface area (Å²) >= 11 is 0. The third kappa shape index (κ3) is 5.37. The number of nitro groups is 1. The van der Waals surface area contributed by atoms with Crippen LogP contribution in [0.1, 0.15) is 24.0 Å². The van der Waals surface area contributed by atoms with Gasteiger partial charge in [-0.05, 0) is 50.6 Å². The van der Waals surface area contributed by atoms with Gasteiger partial charge in [-0.2, -0.15) is 0 Å². The number of benzene rings is 2. The van der Waals surface area contributed by atoms with E-state index >= 15 is 0 Å². The van der Waals surface area contributed by atoms with E-state index in [1.807, 2.05) is 24.3 Å². The predicted molar refractivity (Wildman–Crippen MR) is 127 cm³/mol. The molecule has 1 aliphatic rings. The summed E-state index contributed by atoms with van der Waals surface area (Å²) in [5.74, 6) is 0.703. The summed E-state index contributed by atoms with van der Waals surface area (Å²) < 4.78 is 7.07. The normalized spacial score (nSPS) is 15.1. The maximum Gasteiger partial charge on any atom is 0.272 e. The molecule has 1 aliphatic heterocycles. The second-order valence-corrected chi connectivity index (χ2v) is 8.48. The number of nitrogens with zero attached hydrogens (tertiary/aromatic N) is 4. The fraction of sp³-hybridized carbons (Fsp3) is 0.417. The predicted octanol–water partition coefficient (Wildman–Crippen LogP) is 2.88. The molecule has 1 fully saturated rings. The van der Waals surface area contributed by atoms with Gasteiger partial charge in [0.15, 0.2) is 0 Å². The first-order chi connectivity index (χ1) is 15.9. The summed E-state index contributed by atoms with van der Waals surface area (Å²) in [7, 11) is 1.61. The molecule has 1 saturated heterocycles. The zero-order valence-electron chi connectivity index (χ0n) is 19.0. The quantitative estimate of drug-likeness (QED) is 0.415. The number of aryl methyl sites for hydroxylation is 1. The fourth-order valence-corrected chi connectivity index (χ4v) is 4.33. The Morgan fingerprint density at radius 1 is 1.18 bits per heavy atom. The molecule has 0 saturated carbocycles. The first kappa shape index (κ1) is 22.9. The lowest BCUT2D eigenvalue weighted by atomic mass is 10.0. The van der Waals surface area contributed by atoms with Gasteiger partial charge in [-0.15, -0.1) is 0 Å². The minimum Gasteiger partial charge on any atom is -0.497 e. The van der Waals surface area contributed by atoms with Crippen molar-refractivity contribution in [2.75, 3.05) is 26.7 Å². The van der Waals surface area contributed by atoms with Crippen LogP contribution in [0.4, 0.5) is 5.69 Å². The molecule has 9 heteroatoms. The van der Waals surface area contributed by atoms with Gasteiger partial charge in [0, 0.05) is 43.4 Å². The Kier molecular flexibility index (Phi) is 7.00. The Labute approximate surface area is 192 Å². The highest BCUT2D eigenvalue weighted by Gasteiger charge is 2.19. The van der Waals surface area contributed by atoms with Crippen molar-refractivity contribution in [1.82, 2.24) is 19.8 Å². The van der Waals surface area contributed by atoms with Crippen molar-refractivity contribution in [3.05, 3.63) is 74.2 Å². The summed E-state index contributed by atoms with van der Waals surface area (Å²) in [5.41, 5.74) is 3.21. The van der Waals surface area contributed by atoms with Crippen molar-refractivity contribution in [1.29, 1.82) is 0 Å². The molecule has 0 amide bonds. The molecule has 33 heavy (non-hydrogen) atoms. The van der Waals surface area contributed by atoms with E-state index in [1.165, 1.54) is 6.20 Å². The van der Waals surface area contributed by atoms with Crippen LogP contribution in [0.25, 0.3) is 11.0 Å².